The smallest absolute Gasteiger partial charge is 0.272 e. The number of aromatic nitrogens is 2. The number of unbranched alkanes of at least 4 members (excludes halogenated alkanes) is 1. The third-order valence-corrected chi connectivity index (χ3v) is 4.52. The van der Waals surface area contributed by atoms with E-state index in [2.05, 4.69) is 4.98 Å². The minimum atomic E-state index is -0.110. The lowest BCUT2D eigenvalue weighted by Gasteiger charge is -2.22. The summed E-state index contributed by atoms with van der Waals surface area (Å²) in [7, 11) is 0. The van der Waals surface area contributed by atoms with Gasteiger partial charge in [0.15, 0.2) is 5.78 Å². The first-order chi connectivity index (χ1) is 11.1. The number of hydrogen-bond donors (Lipinski definition) is 0. The fourth-order valence-corrected chi connectivity index (χ4v) is 2.97. The zero-order valence-electron chi connectivity index (χ0n) is 14.3. The van der Waals surface area contributed by atoms with Gasteiger partial charge in [0.05, 0.1) is 12.6 Å². The predicted octanol–water partition coefficient (Wildman–Crippen LogP) is 2.81. The van der Waals surface area contributed by atoms with Gasteiger partial charge in [0.25, 0.3) is 5.56 Å². The average Bonchev–Trinajstić information content (AvgIpc) is 2.57. The van der Waals surface area contributed by atoms with Crippen molar-refractivity contribution in [3.8, 4) is 0 Å². The summed E-state index contributed by atoms with van der Waals surface area (Å²) in [5.41, 5.74) is 1.21. The number of nitrogens with zero attached hydrogens (tertiary/aromatic N) is 2. The molecule has 0 saturated carbocycles. The van der Waals surface area contributed by atoms with Crippen LogP contribution in [0.5, 0.6) is 0 Å². The van der Waals surface area contributed by atoms with Gasteiger partial charge >= 0.3 is 0 Å². The van der Waals surface area contributed by atoms with Gasteiger partial charge in [0.1, 0.15) is 5.69 Å². The molecule has 1 aromatic rings. The minimum absolute atomic E-state index is 0.0711. The highest BCUT2D eigenvalue weighted by Crippen LogP contribution is 2.18. The molecule has 2 rings (SSSR count). The molecule has 0 bridgehead atoms. The molecule has 5 heteroatoms. The zero-order chi connectivity index (χ0) is 16.7. The number of carbonyl (C=O) groups excluding carboxylic acids is 1. The van der Waals surface area contributed by atoms with Crippen LogP contribution in [0.15, 0.2) is 11.0 Å². The molecule has 2 heterocycles. The van der Waals surface area contributed by atoms with E-state index < -0.39 is 0 Å². The van der Waals surface area contributed by atoms with E-state index in [-0.39, 0.29) is 17.9 Å². The second-order valence-electron chi connectivity index (χ2n) is 6.36. The Morgan fingerprint density at radius 2 is 2.22 bits per heavy atom. The molecule has 1 aliphatic rings. The number of aryl methyl sites for hydroxylation is 2. The van der Waals surface area contributed by atoms with E-state index in [0.717, 1.165) is 38.0 Å². The topological polar surface area (TPSA) is 61.2 Å². The molecular weight excluding hydrogens is 292 g/mol. The van der Waals surface area contributed by atoms with Crippen LogP contribution in [0.1, 0.15) is 63.3 Å². The van der Waals surface area contributed by atoms with Crippen LogP contribution in [0.2, 0.25) is 0 Å². The van der Waals surface area contributed by atoms with Crippen LogP contribution in [-0.2, 0) is 22.5 Å². The van der Waals surface area contributed by atoms with Gasteiger partial charge in [-0.05, 0) is 45.4 Å². The van der Waals surface area contributed by atoms with Crippen molar-refractivity contribution in [1.82, 2.24) is 9.55 Å². The van der Waals surface area contributed by atoms with E-state index >= 15 is 0 Å². The molecule has 0 aliphatic carbocycles. The third kappa shape index (κ3) is 5.27. The van der Waals surface area contributed by atoms with E-state index in [4.69, 9.17) is 4.74 Å². The molecule has 128 valence electrons. The first-order valence-electron chi connectivity index (χ1n) is 8.80. The molecule has 1 aliphatic heterocycles. The lowest BCUT2D eigenvalue weighted by atomic mass is 10.0. The molecule has 1 aromatic heterocycles. The Morgan fingerprint density at radius 3 is 2.91 bits per heavy atom. The summed E-state index contributed by atoms with van der Waals surface area (Å²) >= 11 is 0. The molecular formula is C18H28N2O3. The summed E-state index contributed by atoms with van der Waals surface area (Å²) in [6.07, 6.45) is 9.87. The first-order valence-corrected chi connectivity index (χ1v) is 8.80. The monoisotopic (exact) mass is 320 g/mol. The third-order valence-electron chi connectivity index (χ3n) is 4.52. The maximum atomic E-state index is 12.5. The normalized spacial score (nSPS) is 18.1. The number of Topliss-reactive ketones (excluding diaryl/α,β-unsaturated/α-hetero) is 1. The Kier molecular flexibility index (Phi) is 6.96. The van der Waals surface area contributed by atoms with Crippen LogP contribution in [0.4, 0.5) is 0 Å². The standard InChI is InChI=1S/C18H28N2O3/c1-3-15(21)13-20-14(2)12-19-17(18(20)22)10-5-4-8-16-9-6-7-11-23-16/h12,16H,3-11,13H2,1-2H3. The quantitative estimate of drug-likeness (QED) is 0.691. The van der Waals surface area contributed by atoms with E-state index in [1.807, 2.05) is 13.8 Å². The van der Waals surface area contributed by atoms with Crippen molar-refractivity contribution in [2.45, 2.75) is 77.9 Å². The van der Waals surface area contributed by atoms with Gasteiger partial charge in [0, 0.05) is 24.9 Å². The van der Waals surface area contributed by atoms with Gasteiger partial charge in [0.2, 0.25) is 0 Å². The van der Waals surface area contributed by atoms with Crippen LogP contribution >= 0.6 is 0 Å². The minimum Gasteiger partial charge on any atom is -0.378 e. The van der Waals surface area contributed by atoms with E-state index in [1.165, 1.54) is 12.8 Å². The van der Waals surface area contributed by atoms with E-state index in [0.29, 0.717) is 24.6 Å². The van der Waals surface area contributed by atoms with Gasteiger partial charge in [-0.25, -0.2) is 0 Å². The number of carbonyl (C=O) groups is 1. The lowest BCUT2D eigenvalue weighted by Crippen LogP contribution is -2.29. The highest BCUT2D eigenvalue weighted by Gasteiger charge is 2.14. The number of ether oxygens (including phenoxy) is 1. The Hall–Kier alpha value is -1.49. The summed E-state index contributed by atoms with van der Waals surface area (Å²) < 4.78 is 7.28. The van der Waals surface area contributed by atoms with Crippen LogP contribution in [0.3, 0.4) is 0 Å². The van der Waals surface area contributed by atoms with Crippen LogP contribution in [0.25, 0.3) is 0 Å². The second-order valence-corrected chi connectivity index (χ2v) is 6.36. The van der Waals surface area contributed by atoms with Gasteiger partial charge in [-0.3, -0.25) is 14.6 Å². The summed E-state index contributed by atoms with van der Waals surface area (Å²) in [5.74, 6) is 0.0711. The van der Waals surface area contributed by atoms with E-state index in [9.17, 15) is 9.59 Å². The van der Waals surface area contributed by atoms with E-state index in [1.54, 1.807) is 10.8 Å². The molecule has 0 N–H and O–H groups in total. The molecule has 5 nitrogen and oxygen atoms in total. The van der Waals surface area contributed by atoms with Crippen molar-refractivity contribution in [3.05, 3.63) is 27.9 Å². The predicted molar refractivity (Wildman–Crippen MR) is 89.7 cm³/mol. The van der Waals surface area contributed by atoms with Gasteiger partial charge in [-0.1, -0.05) is 13.3 Å². The Balaban J connectivity index is 1.88. The van der Waals surface area contributed by atoms with Crippen LogP contribution in [0, 0.1) is 6.92 Å². The molecule has 23 heavy (non-hydrogen) atoms. The Morgan fingerprint density at radius 1 is 1.39 bits per heavy atom. The highest BCUT2D eigenvalue weighted by atomic mass is 16.5. The molecule has 0 amide bonds. The zero-order valence-corrected chi connectivity index (χ0v) is 14.3. The summed E-state index contributed by atoms with van der Waals surface area (Å²) in [5, 5.41) is 0. The van der Waals surface area contributed by atoms with Crippen LogP contribution in [-0.4, -0.2) is 28.0 Å². The molecule has 0 aromatic carbocycles. The number of rotatable bonds is 8. The molecule has 1 saturated heterocycles. The molecule has 0 spiro atoms. The fraction of sp³-hybridized carbons (Fsp3) is 0.722. The van der Waals surface area contributed by atoms with Crippen molar-refractivity contribution in [3.63, 3.8) is 0 Å². The van der Waals surface area contributed by atoms with Crippen molar-refractivity contribution < 1.29 is 9.53 Å². The molecule has 0 radical (unpaired) electrons. The highest BCUT2D eigenvalue weighted by molar-refractivity contribution is 5.77. The van der Waals surface area contributed by atoms with Crippen molar-refractivity contribution in [2.24, 2.45) is 0 Å². The summed E-state index contributed by atoms with van der Waals surface area (Å²) in [6.45, 7) is 4.69. The maximum Gasteiger partial charge on any atom is 0.272 e. The van der Waals surface area contributed by atoms with Gasteiger partial charge in [-0.2, -0.15) is 0 Å². The molecule has 1 fully saturated rings. The summed E-state index contributed by atoms with van der Waals surface area (Å²) in [6, 6.07) is 0. The Labute approximate surface area is 138 Å². The number of ketones is 1. The molecule has 1 atom stereocenters. The lowest BCUT2D eigenvalue weighted by molar-refractivity contribution is -0.119. The second kappa shape index (κ2) is 8.96. The van der Waals surface area contributed by atoms with Crippen molar-refractivity contribution in [2.75, 3.05) is 6.61 Å². The molecule has 1 unspecified atom stereocenters. The number of hydrogen-bond acceptors (Lipinski definition) is 4. The SMILES string of the molecule is CCC(=O)Cn1c(C)cnc(CCCCC2CCCCO2)c1=O. The van der Waals surface area contributed by atoms with Gasteiger partial charge in [-0.15, -0.1) is 0 Å². The van der Waals surface area contributed by atoms with Crippen molar-refractivity contribution in [1.29, 1.82) is 0 Å². The van der Waals surface area contributed by atoms with Crippen molar-refractivity contribution >= 4 is 5.78 Å². The average molecular weight is 320 g/mol. The first kappa shape index (κ1) is 17.9. The van der Waals surface area contributed by atoms with Gasteiger partial charge < -0.3 is 9.30 Å². The van der Waals surface area contributed by atoms with Crippen LogP contribution < -0.4 is 5.56 Å². The summed E-state index contributed by atoms with van der Waals surface area (Å²) in [4.78, 5) is 28.4. The Bertz CT molecular complexity index is 574. The fourth-order valence-electron chi connectivity index (χ4n) is 2.97. The maximum absolute atomic E-state index is 12.5. The largest absolute Gasteiger partial charge is 0.378 e.